The zero-order valence-corrected chi connectivity index (χ0v) is 15.1. The fourth-order valence-electron chi connectivity index (χ4n) is 2.75. The summed E-state index contributed by atoms with van der Waals surface area (Å²) in [6.45, 7) is 1.97. The molecule has 1 N–H and O–H groups in total. The minimum atomic E-state index is -0.145. The van der Waals surface area contributed by atoms with Gasteiger partial charge in [-0.1, -0.05) is 58.4 Å². The third-order valence-corrected chi connectivity index (χ3v) is 4.57. The normalized spacial score (nSPS) is 12.0. The van der Waals surface area contributed by atoms with E-state index < -0.39 is 0 Å². The zero-order valence-electron chi connectivity index (χ0n) is 13.5. The number of ether oxygens (including phenoxy) is 1. The Balaban J connectivity index is 1.89. The van der Waals surface area contributed by atoms with Crippen molar-refractivity contribution in [1.82, 2.24) is 5.32 Å². The van der Waals surface area contributed by atoms with Gasteiger partial charge in [-0.25, -0.2) is 0 Å². The first-order valence-electron chi connectivity index (χ1n) is 7.72. The summed E-state index contributed by atoms with van der Waals surface area (Å²) in [7, 11) is 1.59. The van der Waals surface area contributed by atoms with E-state index in [1.165, 1.54) is 0 Å². The smallest absolute Gasteiger partial charge is 0.255 e. The van der Waals surface area contributed by atoms with Crippen LogP contribution in [0.2, 0.25) is 0 Å². The van der Waals surface area contributed by atoms with E-state index in [1.807, 2.05) is 67.6 Å². The van der Waals surface area contributed by atoms with Crippen LogP contribution in [0.5, 0.6) is 5.75 Å². The van der Waals surface area contributed by atoms with E-state index in [9.17, 15) is 4.79 Å². The number of nitrogens with one attached hydrogen (secondary N) is 1. The standard InChI is InChI=1S/C20H18BrNO2/c1-13(14-7-10-16(21)11-8-14)22-20(23)18-12-9-15-5-3-4-6-17(15)19(18)24-2/h3-13H,1-2H3,(H,22,23)/t13-/m0/s1. The molecule has 1 amide bonds. The van der Waals surface area contributed by atoms with Crippen LogP contribution in [0.4, 0.5) is 0 Å². The summed E-state index contributed by atoms with van der Waals surface area (Å²) in [6, 6.07) is 19.5. The van der Waals surface area contributed by atoms with Gasteiger partial charge in [-0.05, 0) is 36.1 Å². The second-order valence-electron chi connectivity index (χ2n) is 5.61. The van der Waals surface area contributed by atoms with Crippen LogP contribution in [0.25, 0.3) is 10.8 Å². The average Bonchev–Trinajstić information content (AvgIpc) is 2.61. The highest BCUT2D eigenvalue weighted by atomic mass is 79.9. The van der Waals surface area contributed by atoms with E-state index >= 15 is 0 Å². The van der Waals surface area contributed by atoms with E-state index in [-0.39, 0.29) is 11.9 Å². The van der Waals surface area contributed by atoms with E-state index in [2.05, 4.69) is 21.2 Å². The highest BCUT2D eigenvalue weighted by molar-refractivity contribution is 9.10. The van der Waals surface area contributed by atoms with E-state index in [0.29, 0.717) is 11.3 Å². The summed E-state index contributed by atoms with van der Waals surface area (Å²) < 4.78 is 6.53. The van der Waals surface area contributed by atoms with Gasteiger partial charge in [0.15, 0.2) is 0 Å². The number of methoxy groups -OCH3 is 1. The number of rotatable bonds is 4. The Bertz CT molecular complexity index is 874. The lowest BCUT2D eigenvalue weighted by Gasteiger charge is -2.17. The Hall–Kier alpha value is -2.33. The second-order valence-corrected chi connectivity index (χ2v) is 6.53. The summed E-state index contributed by atoms with van der Waals surface area (Å²) in [6.07, 6.45) is 0. The SMILES string of the molecule is COc1c(C(=O)N[C@@H](C)c2ccc(Br)cc2)ccc2ccccc12. The van der Waals surface area contributed by atoms with Gasteiger partial charge in [0.05, 0.1) is 18.7 Å². The quantitative estimate of drug-likeness (QED) is 0.680. The van der Waals surface area contributed by atoms with E-state index in [0.717, 1.165) is 20.8 Å². The minimum Gasteiger partial charge on any atom is -0.495 e. The van der Waals surface area contributed by atoms with Crippen LogP contribution in [-0.4, -0.2) is 13.0 Å². The number of halogens is 1. The fourth-order valence-corrected chi connectivity index (χ4v) is 3.02. The van der Waals surface area contributed by atoms with Crippen LogP contribution in [0.15, 0.2) is 65.1 Å². The molecule has 4 heteroatoms. The molecule has 0 radical (unpaired) electrons. The largest absolute Gasteiger partial charge is 0.495 e. The monoisotopic (exact) mass is 383 g/mol. The van der Waals surface area contributed by atoms with Gasteiger partial charge < -0.3 is 10.1 Å². The molecule has 3 rings (SSSR count). The maximum Gasteiger partial charge on any atom is 0.255 e. The Kier molecular flexibility index (Phi) is 4.86. The van der Waals surface area contributed by atoms with Gasteiger partial charge in [0.25, 0.3) is 5.91 Å². The lowest BCUT2D eigenvalue weighted by Crippen LogP contribution is -2.27. The first-order chi connectivity index (χ1) is 11.6. The molecule has 24 heavy (non-hydrogen) atoms. The van der Waals surface area contributed by atoms with Crippen LogP contribution in [-0.2, 0) is 0 Å². The van der Waals surface area contributed by atoms with Crippen molar-refractivity contribution in [1.29, 1.82) is 0 Å². The number of carbonyl (C=O) groups excluding carboxylic acids is 1. The molecule has 1 atom stereocenters. The molecule has 0 saturated heterocycles. The Morgan fingerprint density at radius 3 is 2.46 bits per heavy atom. The number of benzene rings is 3. The van der Waals surface area contributed by atoms with Crippen LogP contribution in [0.3, 0.4) is 0 Å². The Morgan fingerprint density at radius 2 is 1.75 bits per heavy atom. The van der Waals surface area contributed by atoms with Crippen LogP contribution >= 0.6 is 15.9 Å². The number of fused-ring (bicyclic) bond motifs is 1. The first kappa shape index (κ1) is 16.5. The van der Waals surface area contributed by atoms with Gasteiger partial charge in [-0.3, -0.25) is 4.79 Å². The third kappa shape index (κ3) is 3.29. The summed E-state index contributed by atoms with van der Waals surface area (Å²) in [5, 5.41) is 5.02. The second kappa shape index (κ2) is 7.05. The highest BCUT2D eigenvalue weighted by Crippen LogP contribution is 2.30. The van der Waals surface area contributed by atoms with Crippen molar-refractivity contribution in [3.63, 3.8) is 0 Å². The van der Waals surface area contributed by atoms with Crippen LogP contribution in [0, 0.1) is 0 Å². The van der Waals surface area contributed by atoms with Gasteiger partial charge in [0.1, 0.15) is 5.75 Å². The number of hydrogen-bond donors (Lipinski definition) is 1. The topological polar surface area (TPSA) is 38.3 Å². The molecule has 0 spiro atoms. The molecule has 3 nitrogen and oxygen atoms in total. The van der Waals surface area contributed by atoms with E-state index in [4.69, 9.17) is 4.74 Å². The van der Waals surface area contributed by atoms with Crippen molar-refractivity contribution in [2.45, 2.75) is 13.0 Å². The van der Waals surface area contributed by atoms with Gasteiger partial charge in [-0.15, -0.1) is 0 Å². The zero-order chi connectivity index (χ0) is 17.1. The number of amides is 1. The van der Waals surface area contributed by atoms with Crippen molar-refractivity contribution < 1.29 is 9.53 Å². The predicted octanol–water partition coefficient (Wildman–Crippen LogP) is 5.10. The maximum atomic E-state index is 12.7. The lowest BCUT2D eigenvalue weighted by molar-refractivity contribution is 0.0937. The van der Waals surface area contributed by atoms with Crippen LogP contribution < -0.4 is 10.1 Å². The van der Waals surface area contributed by atoms with E-state index in [1.54, 1.807) is 7.11 Å². The summed E-state index contributed by atoms with van der Waals surface area (Å²) in [5.41, 5.74) is 1.59. The van der Waals surface area contributed by atoms with Crippen molar-refractivity contribution in [3.8, 4) is 5.75 Å². The molecule has 0 fully saturated rings. The summed E-state index contributed by atoms with van der Waals surface area (Å²) in [4.78, 5) is 12.7. The van der Waals surface area contributed by atoms with Gasteiger partial charge in [0.2, 0.25) is 0 Å². The van der Waals surface area contributed by atoms with Crippen molar-refractivity contribution in [3.05, 3.63) is 76.3 Å². The molecule has 0 aliphatic heterocycles. The number of hydrogen-bond acceptors (Lipinski definition) is 2. The average molecular weight is 384 g/mol. The molecule has 3 aromatic rings. The Labute approximate surface area is 149 Å². The molecular weight excluding hydrogens is 366 g/mol. The number of carbonyl (C=O) groups is 1. The molecule has 0 aliphatic rings. The summed E-state index contributed by atoms with van der Waals surface area (Å²) >= 11 is 3.42. The molecule has 0 heterocycles. The van der Waals surface area contributed by atoms with Crippen molar-refractivity contribution in [2.24, 2.45) is 0 Å². The van der Waals surface area contributed by atoms with Crippen LogP contribution in [0.1, 0.15) is 28.9 Å². The summed E-state index contributed by atoms with van der Waals surface area (Å²) in [5.74, 6) is 0.460. The fraction of sp³-hybridized carbons (Fsp3) is 0.150. The molecule has 122 valence electrons. The molecule has 0 saturated carbocycles. The van der Waals surface area contributed by atoms with Crippen molar-refractivity contribution >= 4 is 32.6 Å². The predicted molar refractivity (Wildman–Crippen MR) is 101 cm³/mol. The molecule has 0 bridgehead atoms. The molecule has 3 aromatic carbocycles. The first-order valence-corrected chi connectivity index (χ1v) is 8.51. The van der Waals surface area contributed by atoms with Gasteiger partial charge in [0, 0.05) is 9.86 Å². The molecular formula is C20H18BrNO2. The molecule has 0 unspecified atom stereocenters. The lowest BCUT2D eigenvalue weighted by atomic mass is 10.0. The Morgan fingerprint density at radius 1 is 1.04 bits per heavy atom. The maximum absolute atomic E-state index is 12.7. The van der Waals surface area contributed by atoms with Gasteiger partial charge in [-0.2, -0.15) is 0 Å². The highest BCUT2D eigenvalue weighted by Gasteiger charge is 2.17. The molecule has 0 aromatic heterocycles. The molecule has 0 aliphatic carbocycles. The third-order valence-electron chi connectivity index (χ3n) is 4.05. The minimum absolute atomic E-state index is 0.0956. The van der Waals surface area contributed by atoms with Crippen molar-refractivity contribution in [2.75, 3.05) is 7.11 Å². The van der Waals surface area contributed by atoms with Gasteiger partial charge >= 0.3 is 0 Å².